The molecule has 0 radical (unpaired) electrons. The zero-order valence-corrected chi connectivity index (χ0v) is 30.9. The molecule has 3 aromatic heterocycles. The van der Waals surface area contributed by atoms with Gasteiger partial charge in [0.15, 0.2) is 0 Å². The number of para-hydroxylation sites is 2. The summed E-state index contributed by atoms with van der Waals surface area (Å²) >= 11 is 0. The molecular formula is C53H34N4. The molecule has 0 saturated heterocycles. The van der Waals surface area contributed by atoms with E-state index in [4.69, 9.17) is 9.97 Å². The van der Waals surface area contributed by atoms with Crippen LogP contribution >= 0.6 is 0 Å². The van der Waals surface area contributed by atoms with Gasteiger partial charge in [-0.2, -0.15) is 0 Å². The van der Waals surface area contributed by atoms with Crippen molar-refractivity contribution in [1.82, 2.24) is 19.1 Å². The number of hydrogen-bond acceptors (Lipinski definition) is 2. The second kappa shape index (κ2) is 12.5. The molecule has 0 saturated carbocycles. The fourth-order valence-electron chi connectivity index (χ4n) is 9.39. The number of aromatic nitrogens is 4. The minimum atomic E-state index is 0.209. The third-order valence-electron chi connectivity index (χ3n) is 11.8. The monoisotopic (exact) mass is 726 g/mol. The smallest absolute Gasteiger partial charge is 0.235 e. The van der Waals surface area contributed by atoms with Crippen LogP contribution < -0.4 is 0 Å². The van der Waals surface area contributed by atoms with Crippen LogP contribution in [0, 0.1) is 0 Å². The van der Waals surface area contributed by atoms with Gasteiger partial charge < -0.3 is 4.57 Å². The van der Waals surface area contributed by atoms with Crippen LogP contribution in [0.3, 0.4) is 0 Å². The second-order valence-corrected chi connectivity index (χ2v) is 14.9. The molecule has 0 amide bonds. The quantitative estimate of drug-likeness (QED) is 0.177. The highest BCUT2D eigenvalue weighted by atomic mass is 15.2. The van der Waals surface area contributed by atoms with Gasteiger partial charge in [-0.1, -0.05) is 158 Å². The average Bonchev–Trinajstić information content (AvgIpc) is 3.93. The van der Waals surface area contributed by atoms with Crippen LogP contribution in [0.25, 0.3) is 88.9 Å². The van der Waals surface area contributed by atoms with Gasteiger partial charge in [0.25, 0.3) is 0 Å². The van der Waals surface area contributed by atoms with E-state index in [2.05, 4.69) is 197 Å². The fourth-order valence-corrected chi connectivity index (χ4v) is 9.39. The lowest BCUT2D eigenvalue weighted by Gasteiger charge is -2.16. The third kappa shape index (κ3) is 4.81. The standard InChI is InChI=1S/C53H34N4/c1-3-15-34(16-4-1)44-33-45(35-17-5-2-6-18-35)55-53(54-44)57-47-26-14-12-24-43(47)52-49(57)32-31-48-51(52)42-23-11-13-25-46(42)56(48)37-29-27-36(28-30-37)50-40-21-9-7-19-38(40)39-20-8-10-22-41(39)50/h1-33,50H. The Morgan fingerprint density at radius 2 is 0.825 bits per heavy atom. The van der Waals surface area contributed by atoms with Gasteiger partial charge in [-0.25, -0.2) is 9.97 Å². The fraction of sp³-hybridized carbons (Fsp3) is 0.0189. The lowest BCUT2D eigenvalue weighted by atomic mass is 9.89. The number of fused-ring (bicyclic) bond motifs is 10. The second-order valence-electron chi connectivity index (χ2n) is 14.9. The topological polar surface area (TPSA) is 35.6 Å². The third-order valence-corrected chi connectivity index (χ3v) is 11.8. The van der Waals surface area contributed by atoms with Crippen molar-refractivity contribution in [3.8, 4) is 45.3 Å². The molecule has 0 spiro atoms. The molecule has 4 heteroatoms. The maximum absolute atomic E-state index is 5.28. The first-order chi connectivity index (χ1) is 28.3. The Labute approximate surface area is 329 Å². The Bertz CT molecular complexity index is 3240. The molecule has 1 aliphatic carbocycles. The van der Waals surface area contributed by atoms with Crippen LogP contribution in [-0.2, 0) is 0 Å². The van der Waals surface area contributed by atoms with Crippen molar-refractivity contribution in [2.45, 2.75) is 5.92 Å². The summed E-state index contributed by atoms with van der Waals surface area (Å²) in [5, 5.41) is 4.81. The van der Waals surface area contributed by atoms with E-state index in [1.54, 1.807) is 0 Å². The van der Waals surface area contributed by atoms with Gasteiger partial charge in [-0.05, 0) is 70.3 Å². The summed E-state index contributed by atoms with van der Waals surface area (Å²) in [7, 11) is 0. The first-order valence-corrected chi connectivity index (χ1v) is 19.5. The van der Waals surface area contributed by atoms with Crippen molar-refractivity contribution in [1.29, 1.82) is 0 Å². The van der Waals surface area contributed by atoms with Gasteiger partial charge in [-0.15, -0.1) is 0 Å². The summed E-state index contributed by atoms with van der Waals surface area (Å²) in [6.45, 7) is 0. The summed E-state index contributed by atoms with van der Waals surface area (Å²) in [6.07, 6.45) is 0. The van der Waals surface area contributed by atoms with E-state index < -0.39 is 0 Å². The lowest BCUT2D eigenvalue weighted by Crippen LogP contribution is -2.04. The molecule has 0 bridgehead atoms. The van der Waals surface area contributed by atoms with E-state index in [0.717, 1.165) is 39.2 Å². The molecular weight excluding hydrogens is 693 g/mol. The molecule has 0 atom stereocenters. The molecule has 8 aromatic carbocycles. The summed E-state index contributed by atoms with van der Waals surface area (Å²) in [4.78, 5) is 10.6. The van der Waals surface area contributed by atoms with Gasteiger partial charge in [0.05, 0.1) is 33.5 Å². The Balaban J connectivity index is 1.07. The highest BCUT2D eigenvalue weighted by Gasteiger charge is 2.29. The van der Waals surface area contributed by atoms with Gasteiger partial charge in [0.2, 0.25) is 5.95 Å². The number of nitrogens with zero attached hydrogens (tertiary/aromatic N) is 4. The van der Waals surface area contributed by atoms with Crippen LogP contribution in [0.1, 0.15) is 22.6 Å². The number of benzene rings is 8. The Kier molecular flexibility index (Phi) is 6.96. The molecule has 3 heterocycles. The Morgan fingerprint density at radius 3 is 1.39 bits per heavy atom. The highest BCUT2D eigenvalue weighted by Crippen LogP contribution is 2.48. The molecule has 0 fully saturated rings. The van der Waals surface area contributed by atoms with Gasteiger partial charge in [0.1, 0.15) is 0 Å². The maximum atomic E-state index is 5.28. The molecule has 4 nitrogen and oxygen atoms in total. The van der Waals surface area contributed by atoms with Gasteiger partial charge in [-0.3, -0.25) is 4.57 Å². The van der Waals surface area contributed by atoms with Crippen molar-refractivity contribution in [2.24, 2.45) is 0 Å². The van der Waals surface area contributed by atoms with Crippen molar-refractivity contribution in [2.75, 3.05) is 0 Å². The Morgan fingerprint density at radius 1 is 0.368 bits per heavy atom. The van der Waals surface area contributed by atoms with Crippen LogP contribution in [0.15, 0.2) is 200 Å². The zero-order chi connectivity index (χ0) is 37.5. The number of hydrogen-bond donors (Lipinski definition) is 0. The zero-order valence-electron chi connectivity index (χ0n) is 30.9. The van der Waals surface area contributed by atoms with Crippen molar-refractivity contribution in [3.63, 3.8) is 0 Å². The first kappa shape index (κ1) is 31.8. The van der Waals surface area contributed by atoms with Crippen LogP contribution in [0.5, 0.6) is 0 Å². The average molecular weight is 727 g/mol. The summed E-state index contributed by atoms with van der Waals surface area (Å²) in [5.74, 6) is 0.857. The Hall–Kier alpha value is -7.56. The molecule has 1 aliphatic rings. The largest absolute Gasteiger partial charge is 0.309 e. The molecule has 266 valence electrons. The van der Waals surface area contributed by atoms with Crippen LogP contribution in [0.4, 0.5) is 0 Å². The van der Waals surface area contributed by atoms with Crippen molar-refractivity contribution >= 4 is 43.6 Å². The van der Waals surface area contributed by atoms with E-state index in [0.29, 0.717) is 5.95 Å². The molecule has 57 heavy (non-hydrogen) atoms. The predicted molar refractivity (Wildman–Crippen MR) is 234 cm³/mol. The van der Waals surface area contributed by atoms with E-state index in [9.17, 15) is 0 Å². The minimum Gasteiger partial charge on any atom is -0.309 e. The summed E-state index contributed by atoms with van der Waals surface area (Å²) in [5.41, 5.74) is 16.2. The summed E-state index contributed by atoms with van der Waals surface area (Å²) in [6, 6.07) is 71.9. The molecule has 12 rings (SSSR count). The van der Waals surface area contributed by atoms with Gasteiger partial charge in [0, 0.05) is 44.3 Å². The lowest BCUT2D eigenvalue weighted by molar-refractivity contribution is 0.996. The predicted octanol–water partition coefficient (Wildman–Crippen LogP) is 13.2. The van der Waals surface area contributed by atoms with E-state index >= 15 is 0 Å². The molecule has 0 aliphatic heterocycles. The maximum Gasteiger partial charge on any atom is 0.235 e. The normalized spacial score (nSPS) is 12.5. The first-order valence-electron chi connectivity index (χ1n) is 19.5. The van der Waals surface area contributed by atoms with Crippen molar-refractivity contribution < 1.29 is 0 Å². The van der Waals surface area contributed by atoms with E-state index in [1.165, 1.54) is 60.4 Å². The number of rotatable bonds is 5. The molecule has 0 N–H and O–H groups in total. The van der Waals surface area contributed by atoms with Crippen molar-refractivity contribution in [3.05, 3.63) is 217 Å². The minimum absolute atomic E-state index is 0.209. The van der Waals surface area contributed by atoms with Crippen LogP contribution in [0.2, 0.25) is 0 Å². The molecule has 0 unspecified atom stereocenters. The highest BCUT2D eigenvalue weighted by molar-refractivity contribution is 6.28. The van der Waals surface area contributed by atoms with Crippen LogP contribution in [-0.4, -0.2) is 19.1 Å². The van der Waals surface area contributed by atoms with E-state index in [-0.39, 0.29) is 5.92 Å². The SMILES string of the molecule is c1ccc(-c2cc(-c3ccccc3)nc(-n3c4ccccc4c4c5c6ccccc6n(-c6ccc(C7c8ccccc8-c8ccccc87)cc6)c5ccc43)n2)cc1. The van der Waals surface area contributed by atoms with E-state index in [1.807, 2.05) is 12.1 Å². The van der Waals surface area contributed by atoms with Gasteiger partial charge >= 0.3 is 0 Å². The molecule has 11 aromatic rings. The summed E-state index contributed by atoms with van der Waals surface area (Å²) < 4.78 is 4.68.